The number of aliphatic carboxylic acids is 1. The molecule has 3 unspecified atom stereocenters. The number of carbonyl (C=O) groups excluding carboxylic acids is 2. The number of aliphatic hydroxyl groups is 10. The van der Waals surface area contributed by atoms with Crippen molar-refractivity contribution in [1.29, 1.82) is 0 Å². The molecule has 0 aromatic carbocycles. The van der Waals surface area contributed by atoms with E-state index in [-0.39, 0.29) is 0 Å². The molecule has 0 aliphatic carbocycles. The molecular formula is C25H42N2O19. The Bertz CT molecular complexity index is 1050. The van der Waals surface area contributed by atoms with Gasteiger partial charge in [-0.2, -0.15) is 0 Å². The van der Waals surface area contributed by atoms with Gasteiger partial charge in [0.25, 0.3) is 5.79 Å². The van der Waals surface area contributed by atoms with Gasteiger partial charge in [0.15, 0.2) is 12.6 Å². The molecule has 46 heavy (non-hydrogen) atoms. The Kier molecular flexibility index (Phi) is 13.1. The van der Waals surface area contributed by atoms with Gasteiger partial charge in [-0.15, -0.1) is 0 Å². The second-order valence-corrected chi connectivity index (χ2v) is 11.2. The second kappa shape index (κ2) is 15.8. The first-order chi connectivity index (χ1) is 21.5. The first-order valence-electron chi connectivity index (χ1n) is 14.2. The van der Waals surface area contributed by atoms with E-state index in [0.717, 1.165) is 13.8 Å². The average Bonchev–Trinajstić information content (AvgIpc) is 2.99. The van der Waals surface area contributed by atoms with Gasteiger partial charge in [0.2, 0.25) is 11.8 Å². The molecule has 0 radical (unpaired) electrons. The molecule has 21 heteroatoms. The summed E-state index contributed by atoms with van der Waals surface area (Å²) in [5.41, 5.74) is 0. The van der Waals surface area contributed by atoms with E-state index in [9.17, 15) is 70.6 Å². The maximum atomic E-state index is 12.6. The summed E-state index contributed by atoms with van der Waals surface area (Å²) in [5.74, 6) is -6.50. The highest BCUT2D eigenvalue weighted by atomic mass is 16.8. The van der Waals surface area contributed by atoms with Crippen LogP contribution in [0.15, 0.2) is 0 Å². The second-order valence-electron chi connectivity index (χ2n) is 11.2. The third-order valence-electron chi connectivity index (χ3n) is 7.87. The Hall–Kier alpha value is -2.19. The lowest BCUT2D eigenvalue weighted by Gasteiger charge is -2.50. The molecule has 3 heterocycles. The lowest BCUT2D eigenvalue weighted by Crippen LogP contribution is -2.71. The molecule has 2 amide bonds. The molecule has 3 saturated heterocycles. The molecule has 3 rings (SSSR count). The molecule has 0 saturated carbocycles. The summed E-state index contributed by atoms with van der Waals surface area (Å²) in [7, 11) is 0. The molecule has 0 spiro atoms. The summed E-state index contributed by atoms with van der Waals surface area (Å²) >= 11 is 0. The van der Waals surface area contributed by atoms with Crippen molar-refractivity contribution in [2.45, 2.75) is 118 Å². The van der Waals surface area contributed by atoms with Gasteiger partial charge >= 0.3 is 5.97 Å². The van der Waals surface area contributed by atoms with Crippen LogP contribution in [0, 0.1) is 0 Å². The number of hydrogen-bond acceptors (Lipinski definition) is 18. The van der Waals surface area contributed by atoms with Crippen LogP contribution in [-0.4, -0.2) is 191 Å². The number of amides is 2. The van der Waals surface area contributed by atoms with Gasteiger partial charge in [-0.25, -0.2) is 4.79 Å². The number of aliphatic hydroxyl groups excluding tert-OH is 10. The topological polar surface area (TPSA) is 344 Å². The number of hydrogen-bond donors (Lipinski definition) is 13. The van der Waals surface area contributed by atoms with Crippen LogP contribution in [0.2, 0.25) is 0 Å². The molecule has 3 fully saturated rings. The fourth-order valence-electron chi connectivity index (χ4n) is 5.56. The predicted octanol–water partition coefficient (Wildman–Crippen LogP) is -8.08. The van der Waals surface area contributed by atoms with E-state index in [1.165, 1.54) is 0 Å². The summed E-state index contributed by atoms with van der Waals surface area (Å²) in [5, 5.41) is 118. The third-order valence-corrected chi connectivity index (χ3v) is 7.87. The lowest BCUT2D eigenvalue weighted by molar-refractivity contribution is -0.380. The fourth-order valence-corrected chi connectivity index (χ4v) is 5.56. The SMILES string of the molecule is CC(=O)N[C@H]1[C@H]([C@H](O)[C@H](O)CO)OC(O[C@H]2[C@@H](O)[C@@H](CO)OC(O[C@H]3[C@@H](O)[C@@H](CO)OC(O)[C@@H]3NC(C)=O)[C@@H]2O)(C(=O)O)C[C@@H]1O. The van der Waals surface area contributed by atoms with Crippen molar-refractivity contribution >= 4 is 17.8 Å². The van der Waals surface area contributed by atoms with Gasteiger partial charge < -0.3 is 90.5 Å². The van der Waals surface area contributed by atoms with E-state index < -0.39 is 142 Å². The Morgan fingerprint density at radius 3 is 1.91 bits per heavy atom. The van der Waals surface area contributed by atoms with E-state index in [2.05, 4.69) is 10.6 Å². The minimum Gasteiger partial charge on any atom is -0.477 e. The fraction of sp³-hybridized carbons (Fsp3) is 0.880. The highest BCUT2D eigenvalue weighted by Gasteiger charge is 2.60. The highest BCUT2D eigenvalue weighted by Crippen LogP contribution is 2.38. The van der Waals surface area contributed by atoms with Crippen LogP contribution in [0.5, 0.6) is 0 Å². The van der Waals surface area contributed by atoms with Crippen LogP contribution in [-0.2, 0) is 38.1 Å². The molecule has 266 valence electrons. The molecule has 16 atom stereocenters. The zero-order chi connectivity index (χ0) is 34.7. The van der Waals surface area contributed by atoms with Gasteiger partial charge in [0, 0.05) is 20.3 Å². The van der Waals surface area contributed by atoms with Crippen molar-refractivity contribution in [2.24, 2.45) is 0 Å². The molecule has 0 aromatic rings. The first-order valence-corrected chi connectivity index (χ1v) is 14.2. The van der Waals surface area contributed by atoms with Gasteiger partial charge in [0.05, 0.1) is 32.0 Å². The minimum absolute atomic E-state index is 0.720. The number of carboxylic acids is 1. The lowest BCUT2D eigenvalue weighted by atomic mass is 9.88. The van der Waals surface area contributed by atoms with Gasteiger partial charge in [0.1, 0.15) is 67.1 Å². The number of ether oxygens (including phenoxy) is 5. The Morgan fingerprint density at radius 1 is 0.848 bits per heavy atom. The first kappa shape index (κ1) is 38.3. The van der Waals surface area contributed by atoms with Crippen molar-refractivity contribution in [2.75, 3.05) is 19.8 Å². The molecule has 0 bridgehead atoms. The number of rotatable bonds is 12. The van der Waals surface area contributed by atoms with E-state index in [0.29, 0.717) is 0 Å². The number of carbonyl (C=O) groups is 3. The van der Waals surface area contributed by atoms with Crippen molar-refractivity contribution in [3.63, 3.8) is 0 Å². The van der Waals surface area contributed by atoms with Crippen LogP contribution in [0.25, 0.3) is 0 Å². The zero-order valence-electron chi connectivity index (χ0n) is 24.7. The third kappa shape index (κ3) is 8.08. The summed E-state index contributed by atoms with van der Waals surface area (Å²) in [6.45, 7) is -0.777. The normalized spacial score (nSPS) is 42.9. The largest absolute Gasteiger partial charge is 0.477 e. The highest BCUT2D eigenvalue weighted by molar-refractivity contribution is 5.76. The van der Waals surface area contributed by atoms with Gasteiger partial charge in [-0.1, -0.05) is 0 Å². The summed E-state index contributed by atoms with van der Waals surface area (Å²) in [6, 6.07) is -3.08. The summed E-state index contributed by atoms with van der Waals surface area (Å²) in [4.78, 5) is 36.2. The van der Waals surface area contributed by atoms with Crippen LogP contribution < -0.4 is 10.6 Å². The quantitative estimate of drug-likeness (QED) is 0.0913. The molecule has 21 nitrogen and oxygen atoms in total. The van der Waals surface area contributed by atoms with Crippen molar-refractivity contribution < 1.29 is 94.2 Å². The summed E-state index contributed by atoms with van der Waals surface area (Å²) in [6.07, 6.45) is -25.8. The Balaban J connectivity index is 1.98. The van der Waals surface area contributed by atoms with E-state index in [1.54, 1.807) is 0 Å². The Labute approximate surface area is 260 Å². The molecule has 13 N–H and O–H groups in total. The minimum atomic E-state index is -3.04. The smallest absolute Gasteiger partial charge is 0.364 e. The predicted molar refractivity (Wildman–Crippen MR) is 142 cm³/mol. The number of carboxylic acid groups (broad SMARTS) is 1. The number of nitrogens with one attached hydrogen (secondary N) is 2. The molecule has 3 aliphatic rings. The van der Waals surface area contributed by atoms with Crippen LogP contribution in [0.3, 0.4) is 0 Å². The van der Waals surface area contributed by atoms with Crippen LogP contribution in [0.1, 0.15) is 20.3 Å². The van der Waals surface area contributed by atoms with Crippen LogP contribution >= 0.6 is 0 Å². The maximum absolute atomic E-state index is 12.6. The maximum Gasteiger partial charge on any atom is 0.364 e. The van der Waals surface area contributed by atoms with E-state index in [1.807, 2.05) is 0 Å². The average molecular weight is 675 g/mol. The van der Waals surface area contributed by atoms with E-state index >= 15 is 0 Å². The molecule has 3 aliphatic heterocycles. The summed E-state index contributed by atoms with van der Waals surface area (Å²) < 4.78 is 27.3. The standard InChI is InChI=1S/C25H42N2O19/c1-7(31)26-13-9(33)3-25(24(40)41,45-20(13)15(35)10(34)4-28)46-21-17(37)12(6-30)43-23(18(21)38)44-19-14(27-8(2)32)22(39)42-11(5-29)16(19)36/h9-23,28-30,33-39H,3-6H2,1-2H3,(H,26,31)(H,27,32)(H,40,41)/t9-,10+,11+,12+,13+,14+,15+,16-,17-,18+,19+,20+,21-,22?,23?,25?/m0/s1. The zero-order valence-corrected chi connectivity index (χ0v) is 24.7. The molecular weight excluding hydrogens is 632 g/mol. The van der Waals surface area contributed by atoms with Crippen molar-refractivity contribution in [3.8, 4) is 0 Å². The Morgan fingerprint density at radius 2 is 1.39 bits per heavy atom. The monoisotopic (exact) mass is 674 g/mol. The van der Waals surface area contributed by atoms with Crippen molar-refractivity contribution in [1.82, 2.24) is 10.6 Å². The molecule has 0 aromatic heterocycles. The van der Waals surface area contributed by atoms with Crippen molar-refractivity contribution in [3.05, 3.63) is 0 Å². The van der Waals surface area contributed by atoms with Gasteiger partial charge in [-0.05, 0) is 0 Å². The van der Waals surface area contributed by atoms with Gasteiger partial charge in [-0.3, -0.25) is 9.59 Å². The van der Waals surface area contributed by atoms with E-state index in [4.69, 9.17) is 23.7 Å². The van der Waals surface area contributed by atoms with Crippen LogP contribution in [0.4, 0.5) is 0 Å².